The van der Waals surface area contributed by atoms with Gasteiger partial charge in [-0.1, -0.05) is 11.2 Å². The van der Waals surface area contributed by atoms with Crippen LogP contribution in [0.3, 0.4) is 0 Å². The van der Waals surface area contributed by atoms with Gasteiger partial charge in [0.2, 0.25) is 11.4 Å². The van der Waals surface area contributed by atoms with E-state index in [9.17, 15) is 4.79 Å². The fraction of sp³-hybridized carbons (Fsp3) is 0.462. The first kappa shape index (κ1) is 12.1. The fourth-order valence-electron chi connectivity index (χ4n) is 2.54. The molecule has 1 atom stereocenters. The van der Waals surface area contributed by atoms with Crippen molar-refractivity contribution in [1.29, 1.82) is 0 Å². The van der Waals surface area contributed by atoms with E-state index >= 15 is 0 Å². The van der Waals surface area contributed by atoms with E-state index < -0.39 is 0 Å². The van der Waals surface area contributed by atoms with Gasteiger partial charge in [-0.15, -0.1) is 0 Å². The molecule has 0 amide bonds. The summed E-state index contributed by atoms with van der Waals surface area (Å²) >= 11 is 0. The number of hydrogen-bond donors (Lipinski definition) is 2. The molecular weight excluding hydrogens is 244 g/mol. The Hall–Kier alpha value is -1.95. The van der Waals surface area contributed by atoms with Crippen molar-refractivity contribution in [2.75, 3.05) is 0 Å². The van der Waals surface area contributed by atoms with Crippen LogP contribution in [0, 0.1) is 6.92 Å². The molecule has 1 aliphatic rings. The summed E-state index contributed by atoms with van der Waals surface area (Å²) in [6.07, 6.45) is 3.05. The average molecular weight is 260 g/mol. The van der Waals surface area contributed by atoms with E-state index in [0.29, 0.717) is 18.3 Å². The molecule has 19 heavy (non-hydrogen) atoms. The molecule has 2 heterocycles. The van der Waals surface area contributed by atoms with E-state index in [1.165, 1.54) is 5.56 Å². The molecule has 0 aliphatic heterocycles. The van der Waals surface area contributed by atoms with E-state index in [-0.39, 0.29) is 11.6 Å². The summed E-state index contributed by atoms with van der Waals surface area (Å²) < 4.78 is 4.94. The zero-order valence-corrected chi connectivity index (χ0v) is 10.8. The SMILES string of the molecule is Cc1nc(CNC2CCCc3[nH]c(=O)ccc32)no1. The van der Waals surface area contributed by atoms with Gasteiger partial charge >= 0.3 is 0 Å². The Labute approximate surface area is 110 Å². The van der Waals surface area contributed by atoms with Gasteiger partial charge in [0.1, 0.15) is 0 Å². The molecule has 0 bridgehead atoms. The van der Waals surface area contributed by atoms with Crippen LogP contribution in [0.2, 0.25) is 0 Å². The lowest BCUT2D eigenvalue weighted by molar-refractivity contribution is 0.380. The van der Waals surface area contributed by atoms with Crippen LogP contribution >= 0.6 is 0 Å². The number of nitrogens with zero attached hydrogens (tertiary/aromatic N) is 2. The second-order valence-electron chi connectivity index (χ2n) is 4.81. The molecule has 0 fully saturated rings. The highest BCUT2D eigenvalue weighted by Crippen LogP contribution is 2.27. The third kappa shape index (κ3) is 2.58. The lowest BCUT2D eigenvalue weighted by Gasteiger charge is -2.25. The quantitative estimate of drug-likeness (QED) is 0.867. The van der Waals surface area contributed by atoms with Crippen molar-refractivity contribution in [2.24, 2.45) is 0 Å². The Morgan fingerprint density at radius 2 is 2.42 bits per heavy atom. The number of pyridine rings is 1. The highest BCUT2D eigenvalue weighted by molar-refractivity contribution is 5.26. The third-order valence-electron chi connectivity index (χ3n) is 3.41. The summed E-state index contributed by atoms with van der Waals surface area (Å²) in [7, 11) is 0. The van der Waals surface area contributed by atoms with E-state index in [1.807, 2.05) is 6.07 Å². The number of nitrogens with one attached hydrogen (secondary N) is 2. The van der Waals surface area contributed by atoms with Gasteiger partial charge in [-0.25, -0.2) is 0 Å². The van der Waals surface area contributed by atoms with Gasteiger partial charge in [0, 0.05) is 24.7 Å². The van der Waals surface area contributed by atoms with Crippen LogP contribution < -0.4 is 10.9 Å². The molecule has 100 valence electrons. The largest absolute Gasteiger partial charge is 0.340 e. The summed E-state index contributed by atoms with van der Waals surface area (Å²) in [5, 5.41) is 7.28. The molecule has 0 spiro atoms. The summed E-state index contributed by atoms with van der Waals surface area (Å²) in [6.45, 7) is 2.34. The minimum Gasteiger partial charge on any atom is -0.340 e. The molecule has 2 aromatic rings. The zero-order valence-electron chi connectivity index (χ0n) is 10.8. The monoisotopic (exact) mass is 260 g/mol. The topological polar surface area (TPSA) is 83.8 Å². The van der Waals surface area contributed by atoms with Gasteiger partial charge in [-0.2, -0.15) is 4.98 Å². The predicted octanol–water partition coefficient (Wildman–Crippen LogP) is 1.23. The number of aryl methyl sites for hydroxylation is 2. The van der Waals surface area contributed by atoms with Crippen molar-refractivity contribution >= 4 is 0 Å². The molecule has 2 N–H and O–H groups in total. The van der Waals surface area contributed by atoms with Gasteiger partial charge in [-0.3, -0.25) is 4.79 Å². The van der Waals surface area contributed by atoms with Gasteiger partial charge in [0.15, 0.2) is 5.82 Å². The normalized spacial score (nSPS) is 18.3. The highest BCUT2D eigenvalue weighted by Gasteiger charge is 2.20. The maximum atomic E-state index is 11.3. The van der Waals surface area contributed by atoms with Crippen molar-refractivity contribution in [1.82, 2.24) is 20.4 Å². The molecule has 0 aromatic carbocycles. The number of H-pyrrole nitrogens is 1. The van der Waals surface area contributed by atoms with Crippen molar-refractivity contribution < 1.29 is 4.52 Å². The molecule has 0 saturated carbocycles. The van der Waals surface area contributed by atoms with Gasteiger partial charge < -0.3 is 14.8 Å². The van der Waals surface area contributed by atoms with Crippen LogP contribution in [0.25, 0.3) is 0 Å². The number of fused-ring (bicyclic) bond motifs is 1. The number of hydrogen-bond acceptors (Lipinski definition) is 5. The number of aromatic amines is 1. The summed E-state index contributed by atoms with van der Waals surface area (Å²) in [4.78, 5) is 18.4. The van der Waals surface area contributed by atoms with E-state index in [1.54, 1.807) is 13.0 Å². The van der Waals surface area contributed by atoms with Crippen molar-refractivity contribution in [3.8, 4) is 0 Å². The molecule has 2 aromatic heterocycles. The Morgan fingerprint density at radius 3 is 3.21 bits per heavy atom. The van der Waals surface area contributed by atoms with E-state index in [2.05, 4.69) is 20.4 Å². The van der Waals surface area contributed by atoms with Crippen molar-refractivity contribution in [3.63, 3.8) is 0 Å². The van der Waals surface area contributed by atoms with Gasteiger partial charge in [-0.05, 0) is 24.8 Å². The van der Waals surface area contributed by atoms with Crippen LogP contribution in [0.15, 0.2) is 21.5 Å². The van der Waals surface area contributed by atoms with Crippen molar-refractivity contribution in [2.45, 2.75) is 38.8 Å². The summed E-state index contributed by atoms with van der Waals surface area (Å²) in [6, 6.07) is 3.73. The fourth-order valence-corrected chi connectivity index (χ4v) is 2.54. The smallest absolute Gasteiger partial charge is 0.248 e. The van der Waals surface area contributed by atoms with Crippen LogP contribution in [-0.4, -0.2) is 15.1 Å². The van der Waals surface area contributed by atoms with Crippen LogP contribution in [0.1, 0.15) is 41.9 Å². The van der Waals surface area contributed by atoms with Gasteiger partial charge in [0.05, 0.1) is 6.54 Å². The van der Waals surface area contributed by atoms with Crippen LogP contribution in [0.5, 0.6) is 0 Å². The average Bonchev–Trinajstić information content (AvgIpc) is 2.81. The standard InChI is InChI=1S/C13H16N4O2/c1-8-15-12(17-19-8)7-14-10-3-2-4-11-9(10)5-6-13(18)16-11/h5-6,10,14H,2-4,7H2,1H3,(H,16,18). The minimum absolute atomic E-state index is 0.0341. The third-order valence-corrected chi connectivity index (χ3v) is 3.41. The number of rotatable bonds is 3. The first-order valence-corrected chi connectivity index (χ1v) is 6.47. The molecule has 3 rings (SSSR count). The second-order valence-corrected chi connectivity index (χ2v) is 4.81. The Morgan fingerprint density at radius 1 is 1.53 bits per heavy atom. The molecule has 6 heteroatoms. The van der Waals surface area contributed by atoms with Crippen LogP contribution in [-0.2, 0) is 13.0 Å². The Balaban J connectivity index is 1.75. The summed E-state index contributed by atoms with van der Waals surface area (Å²) in [5.41, 5.74) is 2.18. The molecule has 6 nitrogen and oxygen atoms in total. The first-order valence-electron chi connectivity index (χ1n) is 6.47. The van der Waals surface area contributed by atoms with E-state index in [0.717, 1.165) is 25.0 Å². The lowest BCUT2D eigenvalue weighted by atomic mass is 9.91. The maximum Gasteiger partial charge on any atom is 0.248 e. The molecule has 1 unspecified atom stereocenters. The first-order chi connectivity index (χ1) is 9.22. The molecule has 0 saturated heterocycles. The van der Waals surface area contributed by atoms with E-state index in [4.69, 9.17) is 4.52 Å². The summed E-state index contributed by atoms with van der Waals surface area (Å²) in [5.74, 6) is 1.24. The number of aromatic nitrogens is 3. The minimum atomic E-state index is -0.0341. The predicted molar refractivity (Wildman–Crippen MR) is 68.6 cm³/mol. The lowest BCUT2D eigenvalue weighted by Crippen LogP contribution is -2.27. The van der Waals surface area contributed by atoms with Gasteiger partial charge in [0.25, 0.3) is 0 Å². The van der Waals surface area contributed by atoms with Crippen molar-refractivity contribution in [3.05, 3.63) is 45.5 Å². The maximum absolute atomic E-state index is 11.3. The highest BCUT2D eigenvalue weighted by atomic mass is 16.5. The molecular formula is C13H16N4O2. The zero-order chi connectivity index (χ0) is 13.2. The molecule has 0 radical (unpaired) electrons. The van der Waals surface area contributed by atoms with Crippen LogP contribution in [0.4, 0.5) is 0 Å². The molecule has 1 aliphatic carbocycles. The Bertz CT molecular complexity index is 632. The Kier molecular flexibility index (Phi) is 3.16. The second kappa shape index (κ2) is 4.97.